The second kappa shape index (κ2) is 26.9. The van der Waals surface area contributed by atoms with Crippen LogP contribution in [-0.4, -0.2) is 67.5 Å². The molecule has 0 saturated heterocycles. The van der Waals surface area contributed by atoms with Crippen molar-refractivity contribution in [1.82, 2.24) is 0 Å². The second-order valence-electron chi connectivity index (χ2n) is 10.4. The predicted molar refractivity (Wildman–Crippen MR) is 185 cm³/mol. The van der Waals surface area contributed by atoms with Crippen molar-refractivity contribution in [2.75, 3.05) is 36.2 Å². The first-order valence-corrected chi connectivity index (χ1v) is 21.8. The quantitative estimate of drug-likeness (QED) is 0.0121. The van der Waals surface area contributed by atoms with Gasteiger partial charge in [-0.25, -0.2) is 33.7 Å². The first-order chi connectivity index (χ1) is 26.3. The number of hydrogen-bond donors (Lipinski definition) is 2. The molecule has 4 aromatic rings. The Morgan fingerprint density at radius 1 is 0.550 bits per heavy atom. The van der Waals surface area contributed by atoms with E-state index in [9.17, 15) is 53.3 Å². The van der Waals surface area contributed by atoms with Crippen LogP contribution in [0.3, 0.4) is 0 Å². The summed E-state index contributed by atoms with van der Waals surface area (Å²) >= 11 is 0.148. The average Bonchev–Trinajstić information content (AvgIpc) is 3.12. The standard InChI is InChI=1S/C26H26N6O18S6.4Na/c27-19-13-20(28)24(14-23(19)31-29-21-6-3-17(12-25(21)55(39,40)41)54(37,38)10-8-46-52-50-48-34)32-30-22-5-1-15-11-16(2-4-18(15)26(22)56(42,43)44)53(35,36)9-7-45-51-49-47-33;;;;/h1-6,11-14,33-34H,7-10,27-28H2,(H,39,40,41)(H,42,43,44);;;;/q;4*+1/p-4. The molecule has 0 saturated carbocycles. The van der Waals surface area contributed by atoms with Crippen LogP contribution in [0, 0.1) is 0 Å². The maximum absolute atomic E-state index is 12.7. The summed E-state index contributed by atoms with van der Waals surface area (Å²) in [6.07, 6.45) is 0. The zero-order chi connectivity index (χ0) is 41.3. The van der Waals surface area contributed by atoms with Crippen molar-refractivity contribution in [3.05, 3.63) is 60.7 Å². The van der Waals surface area contributed by atoms with Crippen molar-refractivity contribution in [1.29, 1.82) is 0 Å². The molecule has 4 rings (SSSR count). The van der Waals surface area contributed by atoms with Gasteiger partial charge in [0.15, 0.2) is 44.3 Å². The van der Waals surface area contributed by atoms with Gasteiger partial charge in [-0.2, -0.15) is 0 Å². The van der Waals surface area contributed by atoms with Crippen molar-refractivity contribution >= 4 is 109 Å². The van der Waals surface area contributed by atoms with Crippen LogP contribution in [-0.2, 0) is 67.0 Å². The van der Waals surface area contributed by atoms with Crippen molar-refractivity contribution in [2.45, 2.75) is 19.6 Å². The number of benzene rings is 4. The van der Waals surface area contributed by atoms with Crippen LogP contribution in [0.2, 0.25) is 0 Å². The molecule has 24 nitrogen and oxygen atoms in total. The minimum atomic E-state index is -5.35. The summed E-state index contributed by atoms with van der Waals surface area (Å²) < 4.78 is 141. The van der Waals surface area contributed by atoms with Crippen LogP contribution in [0.15, 0.2) is 101 Å². The van der Waals surface area contributed by atoms with Gasteiger partial charge >= 0.3 is 118 Å². The monoisotopic (exact) mass is 990 g/mol. The molecule has 0 fully saturated rings. The molecule has 0 unspecified atom stereocenters. The van der Waals surface area contributed by atoms with Gasteiger partial charge < -0.3 is 31.1 Å². The molecule has 0 amide bonds. The largest absolute Gasteiger partial charge is 1.00 e. The summed E-state index contributed by atoms with van der Waals surface area (Å²) in [5, 5.41) is 40.7. The Labute approximate surface area is 438 Å². The molecule has 0 aromatic heterocycles. The summed E-state index contributed by atoms with van der Waals surface area (Å²) in [6.45, 7) is -0.961. The van der Waals surface area contributed by atoms with Gasteiger partial charge in [-0.1, -0.05) is 12.1 Å². The van der Waals surface area contributed by atoms with Gasteiger partial charge in [0.25, 0.3) is 0 Å². The Hall–Kier alpha value is 0.0400. The van der Waals surface area contributed by atoms with Crippen molar-refractivity contribution in [3.8, 4) is 0 Å². The average molecular weight is 991 g/mol. The third kappa shape index (κ3) is 17.1. The smallest absolute Gasteiger partial charge is 0.744 e. The van der Waals surface area contributed by atoms with E-state index < -0.39 is 90.7 Å². The molecule has 0 aliphatic carbocycles. The number of hydrogen-bond acceptors (Lipinski definition) is 26. The molecule has 0 heterocycles. The molecule has 4 N–H and O–H groups in total. The maximum atomic E-state index is 12.7. The fourth-order valence-electron chi connectivity index (χ4n) is 4.43. The Morgan fingerprint density at radius 3 is 1.48 bits per heavy atom. The summed E-state index contributed by atoms with van der Waals surface area (Å²) in [5.41, 5.74) is 10.1. The van der Waals surface area contributed by atoms with E-state index >= 15 is 0 Å². The molecule has 4 aromatic carbocycles. The van der Waals surface area contributed by atoms with E-state index in [1.807, 2.05) is 0 Å². The fraction of sp³-hybridized carbons (Fsp3) is 0.154. The summed E-state index contributed by atoms with van der Waals surface area (Å²) in [6, 6.07) is 10.1. The zero-order valence-corrected chi connectivity index (χ0v) is 44.2. The molecule has 34 heteroatoms. The molecule has 0 atom stereocenters. The number of anilines is 2. The van der Waals surface area contributed by atoms with Crippen LogP contribution >= 0.6 is 24.6 Å². The molecular formula is C26H22N6Na4O18S6. The molecular weight excluding hydrogens is 969 g/mol. The van der Waals surface area contributed by atoms with E-state index in [4.69, 9.17) is 15.7 Å². The molecule has 60 heavy (non-hydrogen) atoms. The molecule has 0 bridgehead atoms. The SMILES string of the molecule is Nc1cc(N)c(N=Nc2ccc3cc(S(=O)(=O)CCOSOO[O-])ccc3c2S(=O)(=O)[O-])cc1N=Nc1ccc(S(=O)(=O)CCOSOO[O-])cc1S(=O)(=O)[O-].[Na+].[Na+].[Na+].[Na+]. The number of sulfone groups is 2. The second-order valence-corrected chi connectivity index (χ2v) is 18.3. The third-order valence-electron chi connectivity index (χ3n) is 6.87. The van der Waals surface area contributed by atoms with E-state index in [0.717, 1.165) is 48.5 Å². The maximum Gasteiger partial charge on any atom is 1.00 e. The molecule has 0 aliphatic heterocycles. The van der Waals surface area contributed by atoms with Crippen LogP contribution < -0.4 is 140 Å². The summed E-state index contributed by atoms with van der Waals surface area (Å²) in [5.74, 6) is -1.31. The number of nitrogens with zero attached hydrogens (tertiary/aromatic N) is 4. The topological polar surface area (TPSA) is 386 Å². The number of nitrogen functional groups attached to an aromatic ring is 2. The minimum absolute atomic E-state index is 0. The first kappa shape index (κ1) is 60.0. The van der Waals surface area contributed by atoms with E-state index in [0.29, 0.717) is 6.07 Å². The van der Waals surface area contributed by atoms with Gasteiger partial charge in [-0.3, -0.25) is 18.4 Å². The normalized spacial score (nSPS) is 12.1. The van der Waals surface area contributed by atoms with Gasteiger partial charge in [0.1, 0.15) is 43.0 Å². The summed E-state index contributed by atoms with van der Waals surface area (Å²) in [7, 11) is -18.9. The number of fused-ring (bicyclic) bond motifs is 1. The number of azo groups is 2. The van der Waals surface area contributed by atoms with Gasteiger partial charge in [-0.15, -0.1) is 29.1 Å². The van der Waals surface area contributed by atoms with Crippen LogP contribution in [0.4, 0.5) is 34.1 Å². The van der Waals surface area contributed by atoms with E-state index in [1.165, 1.54) is 6.07 Å². The zero-order valence-electron chi connectivity index (χ0n) is 31.3. The van der Waals surface area contributed by atoms with E-state index in [-0.39, 0.29) is 181 Å². The van der Waals surface area contributed by atoms with E-state index in [1.54, 1.807) is 0 Å². The van der Waals surface area contributed by atoms with Gasteiger partial charge in [0.2, 0.25) is 0 Å². The number of rotatable bonds is 20. The Bertz CT molecular complexity index is 2610. The van der Waals surface area contributed by atoms with Crippen LogP contribution in [0.1, 0.15) is 0 Å². The fourth-order valence-corrected chi connectivity index (χ4v) is 8.83. The van der Waals surface area contributed by atoms with Crippen LogP contribution in [0.25, 0.3) is 10.8 Å². The first-order valence-electron chi connectivity index (χ1n) is 14.4. The number of nitrogens with two attached hydrogens (primary N) is 2. The van der Waals surface area contributed by atoms with E-state index in [2.05, 4.69) is 43.4 Å². The molecule has 304 valence electrons. The summed E-state index contributed by atoms with van der Waals surface area (Å²) in [4.78, 5) is -2.80. The molecule has 0 aliphatic rings. The van der Waals surface area contributed by atoms with Gasteiger partial charge in [-0.05, 0) is 53.9 Å². The van der Waals surface area contributed by atoms with Crippen molar-refractivity contribution in [2.24, 2.45) is 20.5 Å². The predicted octanol–water partition coefficient (Wildman–Crippen LogP) is -10.2. The molecule has 0 radical (unpaired) electrons. The van der Waals surface area contributed by atoms with Gasteiger partial charge in [0.05, 0.1) is 55.7 Å². The van der Waals surface area contributed by atoms with Gasteiger partial charge in [0, 0.05) is 5.39 Å². The Balaban J connectivity index is 0.00000870. The Morgan fingerprint density at radius 2 is 1.00 bits per heavy atom. The van der Waals surface area contributed by atoms with Crippen LogP contribution in [0.5, 0.6) is 0 Å². The third-order valence-corrected chi connectivity index (χ3v) is 12.8. The minimum Gasteiger partial charge on any atom is -0.744 e. The van der Waals surface area contributed by atoms with Crippen molar-refractivity contribution < 1.29 is 199 Å². The Kier molecular flexibility index (Phi) is 26.9. The van der Waals surface area contributed by atoms with Crippen molar-refractivity contribution in [3.63, 3.8) is 0 Å². The molecule has 0 spiro atoms.